The monoisotopic (exact) mass is 668 g/mol. The highest BCUT2D eigenvalue weighted by molar-refractivity contribution is 7.25. The minimum Gasteiger partial charge on any atom is -0.309 e. The van der Waals surface area contributed by atoms with Crippen LogP contribution in [0.5, 0.6) is 0 Å². The topological polar surface area (TPSA) is 35.6 Å². The lowest BCUT2D eigenvalue weighted by molar-refractivity contribution is 1.04. The second-order valence-corrected chi connectivity index (χ2v) is 14.1. The third kappa shape index (κ3) is 4.25. The summed E-state index contributed by atoms with van der Waals surface area (Å²) in [6, 6.07) is 58.7. The minimum atomic E-state index is 0.712. The van der Waals surface area contributed by atoms with Gasteiger partial charge in [0.2, 0.25) is 0 Å². The smallest absolute Gasteiger partial charge is 0.161 e. The van der Waals surface area contributed by atoms with Crippen LogP contribution in [-0.2, 0) is 0 Å². The molecule has 0 bridgehead atoms. The van der Waals surface area contributed by atoms with Crippen LogP contribution in [0.3, 0.4) is 0 Å². The van der Waals surface area contributed by atoms with Gasteiger partial charge < -0.3 is 4.57 Å². The molecular formula is C46H28N4S. The fraction of sp³-hybridized carbons (Fsp3) is 0. The molecule has 0 aliphatic rings. The highest BCUT2D eigenvalue weighted by Gasteiger charge is 2.21. The molecule has 5 heteroatoms. The summed E-state index contributed by atoms with van der Waals surface area (Å²) in [5, 5.41) is 7.36. The van der Waals surface area contributed by atoms with Crippen LogP contribution in [0.4, 0.5) is 0 Å². The van der Waals surface area contributed by atoms with Crippen LogP contribution < -0.4 is 0 Å². The molecule has 4 heterocycles. The van der Waals surface area contributed by atoms with Gasteiger partial charge in [-0.3, -0.25) is 4.57 Å². The third-order valence-corrected chi connectivity index (χ3v) is 11.3. The van der Waals surface area contributed by atoms with Crippen molar-refractivity contribution in [2.24, 2.45) is 0 Å². The number of nitrogens with zero attached hydrogens (tertiary/aromatic N) is 4. The Morgan fingerprint density at radius 2 is 1.16 bits per heavy atom. The van der Waals surface area contributed by atoms with Gasteiger partial charge in [0.15, 0.2) is 5.82 Å². The Bertz CT molecular complexity index is 3150. The first kappa shape index (κ1) is 28.3. The molecule has 51 heavy (non-hydrogen) atoms. The van der Waals surface area contributed by atoms with Crippen LogP contribution in [0.2, 0.25) is 0 Å². The van der Waals surface area contributed by atoms with Crippen molar-refractivity contribution in [2.45, 2.75) is 0 Å². The normalized spacial score (nSPS) is 11.9. The first-order valence-corrected chi connectivity index (χ1v) is 18.0. The van der Waals surface area contributed by atoms with E-state index in [9.17, 15) is 0 Å². The number of rotatable bonds is 4. The summed E-state index contributed by atoms with van der Waals surface area (Å²) in [6.07, 6.45) is 1.89. The summed E-state index contributed by atoms with van der Waals surface area (Å²) < 4.78 is 7.31. The Hall–Kier alpha value is -6.56. The average molecular weight is 669 g/mol. The molecule has 0 saturated heterocycles. The van der Waals surface area contributed by atoms with Crippen LogP contribution in [0.15, 0.2) is 170 Å². The molecule has 11 aromatic rings. The molecule has 0 fully saturated rings. The Kier molecular flexibility index (Phi) is 6.09. The molecule has 7 aromatic carbocycles. The standard InChI is InChI=1S/C46H28N4S/c1-2-11-29(12-3-1)30-13-10-14-32(27-30)49-38-18-7-4-15-33(38)35-22-23-40-44(45(35)49)36-17-5-8-19-39(36)50(40)43-25-26-47-46(48-43)31-21-24-42-37(28-31)34-16-6-9-20-41(34)51-42/h1-28H. The molecule has 11 rings (SSSR count). The predicted octanol–water partition coefficient (Wildman–Crippen LogP) is 12.4. The summed E-state index contributed by atoms with van der Waals surface area (Å²) in [5.74, 6) is 1.55. The zero-order valence-corrected chi connectivity index (χ0v) is 28.2. The molecule has 4 nitrogen and oxygen atoms in total. The highest BCUT2D eigenvalue weighted by atomic mass is 32.1. The zero-order valence-electron chi connectivity index (χ0n) is 27.4. The molecule has 0 atom stereocenters. The maximum absolute atomic E-state index is 5.25. The van der Waals surface area contributed by atoms with Crippen molar-refractivity contribution in [1.29, 1.82) is 0 Å². The van der Waals surface area contributed by atoms with E-state index in [1.54, 1.807) is 0 Å². The summed E-state index contributed by atoms with van der Waals surface area (Å²) in [7, 11) is 0. The zero-order chi connectivity index (χ0) is 33.5. The van der Waals surface area contributed by atoms with Crippen molar-refractivity contribution < 1.29 is 0 Å². The largest absolute Gasteiger partial charge is 0.309 e. The molecule has 0 spiro atoms. The van der Waals surface area contributed by atoms with Crippen LogP contribution in [0, 0.1) is 0 Å². The molecule has 0 radical (unpaired) electrons. The Morgan fingerprint density at radius 3 is 2.04 bits per heavy atom. The van der Waals surface area contributed by atoms with Gasteiger partial charge in [0.05, 0.1) is 22.1 Å². The lowest BCUT2D eigenvalue weighted by Gasteiger charge is -2.12. The third-order valence-electron chi connectivity index (χ3n) is 10.2. The van der Waals surface area contributed by atoms with Gasteiger partial charge in [0.1, 0.15) is 5.82 Å². The van der Waals surface area contributed by atoms with E-state index < -0.39 is 0 Å². The van der Waals surface area contributed by atoms with Gasteiger partial charge in [0, 0.05) is 59.2 Å². The number of aromatic nitrogens is 4. The fourth-order valence-electron chi connectivity index (χ4n) is 7.96. The van der Waals surface area contributed by atoms with Gasteiger partial charge in [-0.05, 0) is 71.8 Å². The van der Waals surface area contributed by atoms with Gasteiger partial charge in [-0.2, -0.15) is 0 Å². The number of hydrogen-bond donors (Lipinski definition) is 0. The quantitative estimate of drug-likeness (QED) is 0.187. The maximum atomic E-state index is 5.25. The predicted molar refractivity (Wildman–Crippen MR) is 214 cm³/mol. The van der Waals surface area contributed by atoms with Crippen molar-refractivity contribution >= 4 is 75.1 Å². The first-order valence-electron chi connectivity index (χ1n) is 17.2. The Morgan fingerprint density at radius 1 is 0.431 bits per heavy atom. The van der Waals surface area contributed by atoms with Crippen LogP contribution >= 0.6 is 11.3 Å². The van der Waals surface area contributed by atoms with Crippen molar-refractivity contribution in [3.8, 4) is 34.0 Å². The van der Waals surface area contributed by atoms with Gasteiger partial charge >= 0.3 is 0 Å². The average Bonchev–Trinajstić information content (AvgIpc) is 3.86. The van der Waals surface area contributed by atoms with E-state index in [0.717, 1.165) is 28.1 Å². The summed E-state index contributed by atoms with van der Waals surface area (Å²) in [6.45, 7) is 0. The summed E-state index contributed by atoms with van der Waals surface area (Å²) >= 11 is 1.82. The van der Waals surface area contributed by atoms with Gasteiger partial charge in [-0.15, -0.1) is 11.3 Å². The first-order chi connectivity index (χ1) is 25.3. The highest BCUT2D eigenvalue weighted by Crippen LogP contribution is 2.42. The van der Waals surface area contributed by atoms with Crippen LogP contribution in [0.1, 0.15) is 0 Å². The van der Waals surface area contributed by atoms with Crippen molar-refractivity contribution in [3.05, 3.63) is 170 Å². The molecule has 238 valence electrons. The Balaban J connectivity index is 1.17. The molecule has 0 saturated carbocycles. The molecule has 0 aliphatic carbocycles. The SMILES string of the molecule is c1ccc(-c2cccc(-n3c4ccccc4c4ccc5c(c6ccccc6n5-c5ccnc(-c6ccc7sc8ccccc8c7c6)n5)c43)c2)cc1. The van der Waals surface area contributed by atoms with Crippen LogP contribution in [-0.4, -0.2) is 19.1 Å². The summed E-state index contributed by atoms with van der Waals surface area (Å²) in [4.78, 5) is 10.0. The number of hydrogen-bond acceptors (Lipinski definition) is 3. The molecule has 4 aromatic heterocycles. The van der Waals surface area contributed by atoms with E-state index in [1.165, 1.54) is 63.9 Å². The van der Waals surface area contributed by atoms with Gasteiger partial charge in [0.25, 0.3) is 0 Å². The van der Waals surface area contributed by atoms with E-state index in [1.807, 2.05) is 23.6 Å². The van der Waals surface area contributed by atoms with E-state index in [2.05, 4.69) is 167 Å². The van der Waals surface area contributed by atoms with Crippen molar-refractivity contribution in [2.75, 3.05) is 0 Å². The fourth-order valence-corrected chi connectivity index (χ4v) is 9.04. The lowest BCUT2D eigenvalue weighted by Crippen LogP contribution is -2.00. The minimum absolute atomic E-state index is 0.712. The molecule has 0 aliphatic heterocycles. The second kappa shape index (κ2) is 11.0. The molecule has 0 amide bonds. The molecular weight excluding hydrogens is 641 g/mol. The number of thiophene rings is 1. The van der Waals surface area contributed by atoms with Gasteiger partial charge in [-0.25, -0.2) is 9.97 Å². The Labute approximate surface area is 297 Å². The lowest BCUT2D eigenvalue weighted by atomic mass is 10.0. The maximum Gasteiger partial charge on any atom is 0.161 e. The van der Waals surface area contributed by atoms with Crippen molar-refractivity contribution in [3.63, 3.8) is 0 Å². The number of para-hydroxylation sites is 2. The van der Waals surface area contributed by atoms with E-state index in [0.29, 0.717) is 5.82 Å². The summed E-state index contributed by atoms with van der Waals surface area (Å²) in [5.41, 5.74) is 9.13. The number of benzene rings is 7. The van der Waals surface area contributed by atoms with E-state index >= 15 is 0 Å². The molecule has 0 N–H and O–H groups in total. The molecule has 0 unspecified atom stereocenters. The van der Waals surface area contributed by atoms with Crippen molar-refractivity contribution in [1.82, 2.24) is 19.1 Å². The van der Waals surface area contributed by atoms with Crippen LogP contribution in [0.25, 0.3) is 97.8 Å². The number of fused-ring (bicyclic) bond motifs is 10. The van der Waals surface area contributed by atoms with E-state index in [-0.39, 0.29) is 0 Å². The van der Waals surface area contributed by atoms with E-state index in [4.69, 9.17) is 9.97 Å². The van der Waals surface area contributed by atoms with Gasteiger partial charge in [-0.1, -0.05) is 103 Å². The second-order valence-electron chi connectivity index (χ2n) is 13.0.